The van der Waals surface area contributed by atoms with E-state index in [9.17, 15) is 22.8 Å². The van der Waals surface area contributed by atoms with E-state index in [1.165, 1.54) is 6.07 Å². The van der Waals surface area contributed by atoms with Gasteiger partial charge in [-0.3, -0.25) is 19.4 Å². The first kappa shape index (κ1) is 31.8. The third kappa shape index (κ3) is 7.13. The predicted octanol–water partition coefficient (Wildman–Crippen LogP) is 5.43. The molecule has 0 atom stereocenters. The van der Waals surface area contributed by atoms with Crippen molar-refractivity contribution >= 4 is 34.8 Å². The quantitative estimate of drug-likeness (QED) is 0.287. The number of benzene rings is 1. The van der Waals surface area contributed by atoms with Crippen molar-refractivity contribution in [1.82, 2.24) is 14.7 Å². The molecular formula is C29H40F3N5O2S. The molecule has 0 saturated carbocycles. The Hall–Kier alpha value is -2.71. The van der Waals surface area contributed by atoms with E-state index in [0.29, 0.717) is 6.54 Å². The Morgan fingerprint density at radius 3 is 2.12 bits per heavy atom. The topological polar surface area (TPSA) is 70.9 Å². The number of hydrogen-bond acceptors (Lipinski definition) is 5. The second-order valence-electron chi connectivity index (χ2n) is 12.1. The minimum atomic E-state index is -4.72. The van der Waals surface area contributed by atoms with Gasteiger partial charge in [-0.05, 0) is 63.7 Å². The maximum atomic E-state index is 13.5. The summed E-state index contributed by atoms with van der Waals surface area (Å²) in [6.07, 6.45) is 0.219. The highest BCUT2D eigenvalue weighted by Gasteiger charge is 2.49. The predicted molar refractivity (Wildman–Crippen MR) is 153 cm³/mol. The molecule has 2 saturated heterocycles. The maximum absolute atomic E-state index is 13.5. The largest absolute Gasteiger partial charge is 0.417 e. The number of nitriles is 1. The summed E-state index contributed by atoms with van der Waals surface area (Å²) in [5.41, 5.74) is -2.90. The summed E-state index contributed by atoms with van der Waals surface area (Å²) in [5.74, 6) is -0.180. The lowest BCUT2D eigenvalue weighted by Crippen LogP contribution is -2.51. The van der Waals surface area contributed by atoms with Crippen molar-refractivity contribution in [2.45, 2.75) is 78.4 Å². The molecule has 0 aliphatic carbocycles. The SMILES string of the molecule is CC(C)(C)C(=O)N1CCN(CCCCCCCN2C(=S)N(c3ccc(C#N)c(C(F)(F)F)c3)C(=O)C2(C)C)CC1. The molecule has 1 aromatic carbocycles. The molecular weight excluding hydrogens is 539 g/mol. The van der Waals surface area contributed by atoms with E-state index in [4.69, 9.17) is 17.5 Å². The molecule has 11 heteroatoms. The van der Waals surface area contributed by atoms with Crippen molar-refractivity contribution in [2.75, 3.05) is 44.2 Å². The highest BCUT2D eigenvalue weighted by molar-refractivity contribution is 7.80. The van der Waals surface area contributed by atoms with Gasteiger partial charge < -0.3 is 9.80 Å². The Labute approximate surface area is 240 Å². The summed E-state index contributed by atoms with van der Waals surface area (Å²) in [6, 6.07) is 4.80. The molecule has 0 N–H and O–H groups in total. The van der Waals surface area contributed by atoms with Gasteiger partial charge in [0.2, 0.25) is 5.91 Å². The van der Waals surface area contributed by atoms with Crippen LogP contribution in [-0.4, -0.2) is 76.4 Å². The second-order valence-corrected chi connectivity index (χ2v) is 12.5. The van der Waals surface area contributed by atoms with Gasteiger partial charge in [0.15, 0.2) is 5.11 Å². The highest BCUT2D eigenvalue weighted by atomic mass is 32.1. The zero-order chi connectivity index (χ0) is 29.9. The number of rotatable bonds is 9. The number of unbranched alkanes of at least 4 members (excludes halogenated alkanes) is 4. The summed E-state index contributed by atoms with van der Waals surface area (Å²) in [7, 11) is 0. The summed E-state index contributed by atoms with van der Waals surface area (Å²) in [4.78, 5) is 33.0. The van der Waals surface area contributed by atoms with Crippen LogP contribution in [0.5, 0.6) is 0 Å². The number of halogens is 3. The van der Waals surface area contributed by atoms with Crippen LogP contribution in [0.4, 0.5) is 18.9 Å². The molecule has 0 unspecified atom stereocenters. The monoisotopic (exact) mass is 579 g/mol. The molecule has 0 radical (unpaired) electrons. The lowest BCUT2D eigenvalue weighted by atomic mass is 9.94. The lowest BCUT2D eigenvalue weighted by Gasteiger charge is -2.37. The molecule has 0 spiro atoms. The Bertz CT molecular complexity index is 1150. The number of carbonyl (C=O) groups is 2. The van der Waals surface area contributed by atoms with Crippen LogP contribution in [0.15, 0.2) is 18.2 Å². The molecule has 0 aromatic heterocycles. The van der Waals surface area contributed by atoms with E-state index in [1.807, 2.05) is 25.7 Å². The third-order valence-electron chi connectivity index (χ3n) is 7.67. The Balaban J connectivity index is 1.45. The molecule has 7 nitrogen and oxygen atoms in total. The summed E-state index contributed by atoms with van der Waals surface area (Å²) < 4.78 is 40.5. The van der Waals surface area contributed by atoms with Gasteiger partial charge in [-0.15, -0.1) is 0 Å². The van der Waals surface area contributed by atoms with Gasteiger partial charge in [0, 0.05) is 38.1 Å². The minimum Gasteiger partial charge on any atom is -0.340 e. The molecule has 0 bridgehead atoms. The number of carbonyl (C=O) groups excluding carboxylic acids is 2. The standard InChI is InChI=1S/C29H40F3N5O2S/c1-27(2,3)24(38)35-17-15-34(16-18-35)13-9-7-6-8-10-14-36-26(40)37(25(39)28(36,4)5)22-12-11-21(20-33)23(19-22)29(30,31)32/h11-12,19H,6-10,13-18H2,1-5H3. The first-order valence-corrected chi connectivity index (χ1v) is 14.3. The first-order chi connectivity index (χ1) is 18.6. The number of nitrogens with zero attached hydrogens (tertiary/aromatic N) is 5. The molecule has 2 amide bonds. The summed E-state index contributed by atoms with van der Waals surface area (Å²) in [5, 5.41) is 9.26. The summed E-state index contributed by atoms with van der Waals surface area (Å²) in [6.45, 7) is 14.2. The van der Waals surface area contributed by atoms with Crippen molar-refractivity contribution < 1.29 is 22.8 Å². The van der Waals surface area contributed by atoms with Crippen LogP contribution in [0.1, 0.15) is 77.8 Å². The van der Waals surface area contributed by atoms with Gasteiger partial charge in [-0.25, -0.2) is 0 Å². The molecule has 40 heavy (non-hydrogen) atoms. The van der Waals surface area contributed by atoms with Crippen molar-refractivity contribution in [3.8, 4) is 6.07 Å². The molecule has 220 valence electrons. The van der Waals surface area contributed by atoms with Crippen LogP contribution in [0, 0.1) is 16.7 Å². The first-order valence-electron chi connectivity index (χ1n) is 13.9. The zero-order valence-corrected chi connectivity index (χ0v) is 24.9. The van der Waals surface area contributed by atoms with Gasteiger partial charge in [0.05, 0.1) is 22.9 Å². The van der Waals surface area contributed by atoms with Crippen molar-refractivity contribution in [3.05, 3.63) is 29.3 Å². The fourth-order valence-electron chi connectivity index (χ4n) is 5.23. The fraction of sp³-hybridized carbons (Fsp3) is 0.655. The van der Waals surface area contributed by atoms with Gasteiger partial charge in [-0.1, -0.05) is 40.0 Å². The van der Waals surface area contributed by atoms with Crippen LogP contribution in [0.3, 0.4) is 0 Å². The van der Waals surface area contributed by atoms with Crippen LogP contribution >= 0.6 is 12.2 Å². The number of amides is 2. The van der Waals surface area contributed by atoms with Crippen molar-refractivity contribution in [3.63, 3.8) is 0 Å². The molecule has 2 fully saturated rings. The van der Waals surface area contributed by atoms with Crippen LogP contribution in [0.2, 0.25) is 0 Å². The van der Waals surface area contributed by atoms with Gasteiger partial charge >= 0.3 is 6.18 Å². The zero-order valence-electron chi connectivity index (χ0n) is 24.1. The van der Waals surface area contributed by atoms with Gasteiger partial charge in [0.25, 0.3) is 5.91 Å². The third-order valence-corrected chi connectivity index (χ3v) is 8.07. The number of thiocarbonyl (C=S) groups is 1. The second kappa shape index (κ2) is 12.4. The highest BCUT2D eigenvalue weighted by Crippen LogP contribution is 2.38. The minimum absolute atomic E-state index is 0.0144. The van der Waals surface area contributed by atoms with Crippen molar-refractivity contribution in [2.24, 2.45) is 5.41 Å². The molecule has 3 rings (SSSR count). The van der Waals surface area contributed by atoms with Gasteiger partial charge in [-0.2, -0.15) is 18.4 Å². The van der Waals surface area contributed by atoms with E-state index < -0.39 is 22.8 Å². The average Bonchev–Trinajstić information content (AvgIpc) is 3.05. The molecule has 2 heterocycles. The lowest BCUT2D eigenvalue weighted by molar-refractivity contribution is -0.141. The van der Waals surface area contributed by atoms with Crippen LogP contribution in [0.25, 0.3) is 0 Å². The van der Waals surface area contributed by atoms with Crippen LogP contribution in [-0.2, 0) is 15.8 Å². The number of alkyl halides is 3. The molecule has 2 aliphatic heterocycles. The number of anilines is 1. The van der Waals surface area contributed by atoms with E-state index >= 15 is 0 Å². The maximum Gasteiger partial charge on any atom is 0.417 e. The molecule has 1 aromatic rings. The van der Waals surface area contributed by atoms with Crippen molar-refractivity contribution in [1.29, 1.82) is 5.26 Å². The number of piperazine rings is 1. The Morgan fingerprint density at radius 2 is 1.57 bits per heavy atom. The van der Waals surface area contributed by atoms with E-state index in [1.54, 1.807) is 24.8 Å². The van der Waals surface area contributed by atoms with Crippen LogP contribution < -0.4 is 4.90 Å². The fourth-order valence-corrected chi connectivity index (χ4v) is 5.73. The average molecular weight is 580 g/mol. The number of hydrogen-bond donors (Lipinski definition) is 0. The van der Waals surface area contributed by atoms with Gasteiger partial charge in [0.1, 0.15) is 5.54 Å². The Kier molecular flexibility index (Phi) is 9.89. The smallest absolute Gasteiger partial charge is 0.340 e. The van der Waals surface area contributed by atoms with E-state index in [-0.39, 0.29) is 28.0 Å². The Morgan fingerprint density at radius 1 is 1.00 bits per heavy atom. The normalized spacial score (nSPS) is 18.4. The molecule has 2 aliphatic rings. The van der Waals surface area contributed by atoms with E-state index in [2.05, 4.69) is 4.90 Å². The van der Waals surface area contributed by atoms with E-state index in [0.717, 1.165) is 81.9 Å². The summed E-state index contributed by atoms with van der Waals surface area (Å²) >= 11 is 5.56.